The molecule has 0 aromatic rings. The standard InChI is InChI=1S/AsH3.12FH.Sb.3H/h1H3;12*1H;;;;. The molecule has 0 rings (SSSR count). The van der Waals surface area contributed by atoms with Crippen molar-refractivity contribution in [2.45, 2.75) is 0 Å². The van der Waals surface area contributed by atoms with Crippen molar-refractivity contribution in [2.24, 2.45) is 0 Å². The Bertz CT molecular complexity index is 10.3. The molecule has 0 aromatic carbocycles. The Morgan fingerprint density at radius 1 is 0.214 bits per heavy atom. The molecule has 0 N–H and O–H groups in total. The zero-order chi connectivity index (χ0) is 0. The van der Waals surface area contributed by atoms with Crippen LogP contribution >= 0.6 is 0 Å². The van der Waals surface area contributed by atoms with Gasteiger partial charge in [-0.25, -0.2) is 0 Å². The summed E-state index contributed by atoms with van der Waals surface area (Å²) in [6.45, 7) is 0. The summed E-state index contributed by atoms with van der Waals surface area (Å²) in [7, 11) is 0. The van der Waals surface area contributed by atoms with Crippen LogP contribution in [0.1, 0.15) is 0 Å². The van der Waals surface area contributed by atoms with Gasteiger partial charge in [-0.05, 0) is 0 Å². The van der Waals surface area contributed by atoms with E-state index in [2.05, 4.69) is 0 Å². The zero-order valence-electron chi connectivity index (χ0n) is 6.31. The molecule has 0 aliphatic carbocycles. The fraction of sp³-hybridized carbons (Fsp3) is 0. The number of hydrogen-bond donors (Lipinski definition) is 0. The first-order chi connectivity index (χ1) is 0. The fourth-order valence-corrected chi connectivity index (χ4v) is 0. The Hall–Kier alpha value is 0.537. The van der Waals surface area contributed by atoms with E-state index in [9.17, 15) is 0 Å². The zero-order valence-corrected chi connectivity index (χ0v) is 13.3. The van der Waals surface area contributed by atoms with Gasteiger partial charge in [0.15, 0.2) is 0 Å². The van der Waals surface area contributed by atoms with Gasteiger partial charge in [-0.2, -0.15) is 0 Å². The second-order valence-electron chi connectivity index (χ2n) is 0. The molecular formula is H18AsF12Sb. The van der Waals surface area contributed by atoms with Crippen LogP contribution in [0.4, 0.5) is 56.5 Å². The van der Waals surface area contributed by atoms with Gasteiger partial charge in [-0.15, -0.1) is 0 Å². The molecule has 0 nitrogen and oxygen atoms in total. The molecule has 0 spiro atoms. The maximum atomic E-state index is 0. The second-order valence-corrected chi connectivity index (χ2v) is 0. The normalized spacial score (nSPS) is 0. The summed E-state index contributed by atoms with van der Waals surface area (Å²) < 4.78 is 0. The van der Waals surface area contributed by atoms with Crippen molar-refractivity contribution in [3.63, 3.8) is 0 Å². The quantitative estimate of drug-likeness (QED) is 0.349. The van der Waals surface area contributed by atoms with Gasteiger partial charge in [0.25, 0.3) is 0 Å². The van der Waals surface area contributed by atoms with Crippen LogP contribution in [-0.2, 0) is 0 Å². The van der Waals surface area contributed by atoms with Crippen molar-refractivity contribution in [2.75, 3.05) is 0 Å². The fourth-order valence-electron chi connectivity index (χ4n) is 0. The minimum atomic E-state index is 0. The van der Waals surface area contributed by atoms with E-state index in [1.54, 1.807) is 0 Å². The van der Waals surface area contributed by atoms with Crippen molar-refractivity contribution in [1.82, 2.24) is 0 Å². The van der Waals surface area contributed by atoms with E-state index in [0.717, 1.165) is 0 Å². The van der Waals surface area contributed by atoms with Gasteiger partial charge >= 0.3 is 42.4 Å². The summed E-state index contributed by atoms with van der Waals surface area (Å²) in [5, 5.41) is 0. The SMILES string of the molecule is F.F.F.F.F.F.F.F.F.F.F.F.[AsH3].[SbH3]. The Morgan fingerprint density at radius 3 is 0.214 bits per heavy atom. The number of hydrogen-bond acceptors (Lipinski definition) is 0. The molecule has 0 saturated carbocycles. The summed E-state index contributed by atoms with van der Waals surface area (Å²) in [6, 6.07) is 0. The minimum absolute atomic E-state index is 0. The molecule has 1 atom stereocenters. The average Bonchev–Trinajstić information content (AvgIpc) is 0. The van der Waals surface area contributed by atoms with Crippen LogP contribution in [0.3, 0.4) is 0 Å². The van der Waals surface area contributed by atoms with Crippen molar-refractivity contribution < 1.29 is 56.5 Å². The molecule has 0 aliphatic rings. The van der Waals surface area contributed by atoms with Crippen LogP contribution in [0.25, 0.3) is 0 Å². The summed E-state index contributed by atoms with van der Waals surface area (Å²) in [5.41, 5.74) is 0. The van der Waals surface area contributed by atoms with Gasteiger partial charge in [-0.1, -0.05) is 0 Å². The van der Waals surface area contributed by atoms with E-state index in [1.807, 2.05) is 0 Å². The van der Waals surface area contributed by atoms with Crippen molar-refractivity contribution in [3.8, 4) is 0 Å². The van der Waals surface area contributed by atoms with E-state index in [0.29, 0.717) is 0 Å². The molecule has 0 aliphatic heterocycles. The second kappa shape index (κ2) is 7390. The monoisotopic (exact) mass is 442 g/mol. The molecule has 14 heavy (non-hydrogen) atoms. The van der Waals surface area contributed by atoms with Gasteiger partial charge in [0.2, 0.25) is 0 Å². The molecule has 0 amide bonds. The van der Waals surface area contributed by atoms with Crippen molar-refractivity contribution in [3.05, 3.63) is 0 Å². The summed E-state index contributed by atoms with van der Waals surface area (Å²) >= 11 is 0. The van der Waals surface area contributed by atoms with E-state index in [1.165, 1.54) is 0 Å². The molecule has 0 radical (unpaired) electrons. The number of halogens is 12. The Labute approximate surface area is 99.1 Å². The van der Waals surface area contributed by atoms with Crippen molar-refractivity contribution >= 4 is 42.4 Å². The summed E-state index contributed by atoms with van der Waals surface area (Å²) in [6.07, 6.45) is 0. The molecule has 14 heteroatoms. The van der Waals surface area contributed by atoms with Crippen LogP contribution in [0, 0.1) is 0 Å². The van der Waals surface area contributed by atoms with E-state index in [-0.39, 0.29) is 98.8 Å². The predicted molar refractivity (Wildman–Crippen MR) is 49.9 cm³/mol. The van der Waals surface area contributed by atoms with Gasteiger partial charge in [0, 0.05) is 0 Å². The maximum absolute atomic E-state index is 0. The number of rotatable bonds is 0. The predicted octanol–water partition coefficient (Wildman–Crippen LogP) is -0.538. The molecular weight excluding hydrogens is 425 g/mol. The van der Waals surface area contributed by atoms with Gasteiger partial charge in [-0.3, -0.25) is 56.5 Å². The van der Waals surface area contributed by atoms with E-state index in [4.69, 9.17) is 0 Å². The van der Waals surface area contributed by atoms with Crippen LogP contribution < -0.4 is 0 Å². The third kappa shape index (κ3) is 5790. The molecule has 0 bridgehead atoms. The molecule has 0 aromatic heterocycles. The third-order valence-corrected chi connectivity index (χ3v) is 0. The van der Waals surface area contributed by atoms with Crippen molar-refractivity contribution in [1.29, 1.82) is 0 Å². The van der Waals surface area contributed by atoms with E-state index < -0.39 is 0 Å². The molecule has 0 heterocycles. The van der Waals surface area contributed by atoms with Crippen LogP contribution in [0.5, 0.6) is 0 Å². The third-order valence-electron chi connectivity index (χ3n) is 0. The van der Waals surface area contributed by atoms with E-state index >= 15 is 0 Å². The molecule has 0 fully saturated rings. The van der Waals surface area contributed by atoms with Gasteiger partial charge in [0.05, 0.1) is 0 Å². The molecule has 1 unspecified atom stereocenters. The van der Waals surface area contributed by atoms with Gasteiger partial charge in [0.1, 0.15) is 0 Å². The Kier molecular flexibility index (Phi) is 4880000. The molecule has 0 saturated heterocycles. The Morgan fingerprint density at radius 2 is 0.214 bits per heavy atom. The summed E-state index contributed by atoms with van der Waals surface area (Å²) in [4.78, 5) is 0. The first-order valence-corrected chi connectivity index (χ1v) is 0. The molecule has 112 valence electrons. The first kappa shape index (κ1) is 9250. The van der Waals surface area contributed by atoms with Gasteiger partial charge < -0.3 is 0 Å². The average molecular weight is 443 g/mol. The Balaban J connectivity index is 0. The van der Waals surface area contributed by atoms with Crippen LogP contribution in [-0.4, -0.2) is 42.4 Å². The topological polar surface area (TPSA) is 0 Å². The van der Waals surface area contributed by atoms with Crippen LogP contribution in [0.2, 0.25) is 0 Å². The summed E-state index contributed by atoms with van der Waals surface area (Å²) in [5.74, 6) is 0. The first-order valence-electron chi connectivity index (χ1n) is 0. The van der Waals surface area contributed by atoms with Crippen LogP contribution in [0.15, 0.2) is 0 Å².